The Morgan fingerprint density at radius 1 is 1.11 bits per heavy atom. The lowest BCUT2D eigenvalue weighted by molar-refractivity contribution is -0.119. The van der Waals surface area contributed by atoms with E-state index < -0.39 is 0 Å². The zero-order valence-electron chi connectivity index (χ0n) is 14.7. The van der Waals surface area contributed by atoms with Crippen LogP contribution in [0.5, 0.6) is 0 Å². The summed E-state index contributed by atoms with van der Waals surface area (Å²) in [7, 11) is 0. The third-order valence-corrected chi connectivity index (χ3v) is 6.20. The molecule has 0 saturated heterocycles. The predicted molar refractivity (Wildman–Crippen MR) is 104 cm³/mol. The van der Waals surface area contributed by atoms with Crippen LogP contribution in [0.15, 0.2) is 28.6 Å². The number of carbonyl (C=O) groups excluding carboxylic acids is 2. The molecule has 2 N–H and O–H groups in total. The Morgan fingerprint density at radius 3 is 2.59 bits per heavy atom. The Morgan fingerprint density at radius 2 is 1.85 bits per heavy atom. The van der Waals surface area contributed by atoms with E-state index in [0.717, 1.165) is 12.8 Å². The highest BCUT2D eigenvalue weighted by Gasteiger charge is 2.16. The molecule has 3 rings (SSSR count). The number of anilines is 1. The van der Waals surface area contributed by atoms with E-state index in [1.54, 1.807) is 12.1 Å². The van der Waals surface area contributed by atoms with E-state index in [2.05, 4.69) is 20.8 Å². The molecule has 144 valence electrons. The average molecular weight is 409 g/mol. The molecule has 1 heterocycles. The third-order valence-electron chi connectivity index (χ3n) is 4.23. The summed E-state index contributed by atoms with van der Waals surface area (Å²) < 4.78 is 13.5. The Balaban J connectivity index is 1.41. The molecule has 0 radical (unpaired) electrons. The molecule has 0 spiro atoms. The maximum absolute atomic E-state index is 12.9. The zero-order valence-corrected chi connectivity index (χ0v) is 16.4. The van der Waals surface area contributed by atoms with Gasteiger partial charge in [0.2, 0.25) is 16.9 Å². The summed E-state index contributed by atoms with van der Waals surface area (Å²) in [6, 6.07) is 6.08. The lowest BCUT2D eigenvalue weighted by Crippen LogP contribution is -2.37. The van der Waals surface area contributed by atoms with Gasteiger partial charge in [-0.05, 0) is 30.5 Å². The van der Waals surface area contributed by atoms with E-state index in [9.17, 15) is 14.0 Å². The van der Waals surface area contributed by atoms with Crippen molar-refractivity contribution in [1.82, 2.24) is 15.5 Å². The fourth-order valence-electron chi connectivity index (χ4n) is 2.91. The highest BCUT2D eigenvalue weighted by Crippen LogP contribution is 2.25. The molecular formula is C18H21FN4O2S2. The van der Waals surface area contributed by atoms with Gasteiger partial charge in [-0.15, -0.1) is 10.2 Å². The summed E-state index contributed by atoms with van der Waals surface area (Å²) in [5.74, 6) is -0.292. The van der Waals surface area contributed by atoms with E-state index in [0.29, 0.717) is 21.1 Å². The second-order valence-electron chi connectivity index (χ2n) is 6.42. The van der Waals surface area contributed by atoms with Gasteiger partial charge in [0.1, 0.15) is 5.82 Å². The van der Waals surface area contributed by atoms with E-state index in [1.165, 1.54) is 54.5 Å². The number of amides is 2. The number of hydrogen-bond donors (Lipinski definition) is 2. The van der Waals surface area contributed by atoms with Gasteiger partial charge < -0.3 is 10.6 Å². The van der Waals surface area contributed by atoms with Crippen molar-refractivity contribution in [2.75, 3.05) is 11.1 Å². The lowest BCUT2D eigenvalue weighted by atomic mass is 9.95. The minimum Gasteiger partial charge on any atom is -0.353 e. The first-order chi connectivity index (χ1) is 13.1. The van der Waals surface area contributed by atoms with Crippen LogP contribution in [0.2, 0.25) is 0 Å². The molecule has 0 aliphatic heterocycles. The summed E-state index contributed by atoms with van der Waals surface area (Å²) in [6.07, 6.45) is 5.84. The van der Waals surface area contributed by atoms with Crippen LogP contribution in [0.1, 0.15) is 37.7 Å². The van der Waals surface area contributed by atoms with Crippen molar-refractivity contribution >= 4 is 40.0 Å². The number of thioether (sulfide) groups is 1. The van der Waals surface area contributed by atoms with Crippen molar-refractivity contribution in [3.8, 4) is 0 Å². The number of halogens is 1. The minimum atomic E-state index is -0.336. The number of nitrogens with one attached hydrogen (secondary N) is 2. The summed E-state index contributed by atoms with van der Waals surface area (Å²) in [4.78, 5) is 24.1. The van der Waals surface area contributed by atoms with Crippen LogP contribution in [0.4, 0.5) is 9.52 Å². The lowest BCUT2D eigenvalue weighted by Gasteiger charge is -2.22. The van der Waals surface area contributed by atoms with Gasteiger partial charge in [0.25, 0.3) is 0 Å². The fourth-order valence-corrected chi connectivity index (χ4v) is 4.49. The maximum Gasteiger partial charge on any atom is 0.230 e. The molecule has 1 aromatic carbocycles. The average Bonchev–Trinajstić information content (AvgIpc) is 3.10. The zero-order chi connectivity index (χ0) is 19.1. The molecule has 9 heteroatoms. The molecule has 2 amide bonds. The number of nitrogens with zero attached hydrogens (tertiary/aromatic N) is 2. The second kappa shape index (κ2) is 9.80. The summed E-state index contributed by atoms with van der Waals surface area (Å²) in [5.41, 5.74) is 0.715. The van der Waals surface area contributed by atoms with Gasteiger partial charge in [0.15, 0.2) is 4.34 Å². The first-order valence-corrected chi connectivity index (χ1v) is 10.7. The van der Waals surface area contributed by atoms with Crippen LogP contribution in [-0.4, -0.2) is 33.8 Å². The summed E-state index contributed by atoms with van der Waals surface area (Å²) >= 11 is 2.54. The molecule has 1 fully saturated rings. The molecular weight excluding hydrogens is 387 g/mol. The molecule has 0 bridgehead atoms. The molecule has 6 nitrogen and oxygen atoms in total. The first-order valence-electron chi connectivity index (χ1n) is 8.88. The van der Waals surface area contributed by atoms with Crippen LogP contribution in [0, 0.1) is 5.82 Å². The Hall–Kier alpha value is -2.00. The van der Waals surface area contributed by atoms with Crippen LogP contribution < -0.4 is 10.6 Å². The van der Waals surface area contributed by atoms with Crippen LogP contribution >= 0.6 is 23.1 Å². The Bertz CT molecular complexity index is 776. The largest absolute Gasteiger partial charge is 0.353 e. The van der Waals surface area contributed by atoms with Gasteiger partial charge in [0.05, 0.1) is 12.2 Å². The number of hydrogen-bond acceptors (Lipinski definition) is 6. The van der Waals surface area contributed by atoms with Crippen molar-refractivity contribution in [2.45, 2.75) is 48.9 Å². The SMILES string of the molecule is O=C(Cc1ccc(F)cc1)Nc1nnc(SCC(=O)NC2CCCCC2)s1. The molecule has 1 saturated carbocycles. The van der Waals surface area contributed by atoms with Gasteiger partial charge >= 0.3 is 0 Å². The van der Waals surface area contributed by atoms with Crippen LogP contribution in [0.25, 0.3) is 0 Å². The van der Waals surface area contributed by atoms with Gasteiger partial charge in [-0.25, -0.2) is 4.39 Å². The topological polar surface area (TPSA) is 84.0 Å². The smallest absolute Gasteiger partial charge is 0.230 e. The Kier molecular flexibility index (Phi) is 7.17. The molecule has 27 heavy (non-hydrogen) atoms. The summed E-state index contributed by atoms with van der Waals surface area (Å²) in [6.45, 7) is 0. The Labute approximate surface area is 165 Å². The van der Waals surface area contributed by atoms with Crippen molar-refractivity contribution in [3.05, 3.63) is 35.6 Å². The van der Waals surface area contributed by atoms with Gasteiger partial charge in [0, 0.05) is 6.04 Å². The van der Waals surface area contributed by atoms with E-state index in [4.69, 9.17) is 0 Å². The predicted octanol–water partition coefficient (Wildman–Crippen LogP) is 3.40. The fraction of sp³-hybridized carbons (Fsp3) is 0.444. The molecule has 1 aliphatic rings. The van der Waals surface area contributed by atoms with E-state index in [1.807, 2.05) is 0 Å². The van der Waals surface area contributed by atoms with Crippen molar-refractivity contribution < 1.29 is 14.0 Å². The van der Waals surface area contributed by atoms with Crippen LogP contribution in [0.3, 0.4) is 0 Å². The minimum absolute atomic E-state index is 0.00370. The van der Waals surface area contributed by atoms with E-state index in [-0.39, 0.29) is 29.8 Å². The highest BCUT2D eigenvalue weighted by molar-refractivity contribution is 8.01. The number of rotatable bonds is 7. The van der Waals surface area contributed by atoms with Crippen LogP contribution in [-0.2, 0) is 16.0 Å². The van der Waals surface area contributed by atoms with Crippen molar-refractivity contribution in [2.24, 2.45) is 0 Å². The monoisotopic (exact) mass is 408 g/mol. The number of aromatic nitrogens is 2. The summed E-state index contributed by atoms with van der Waals surface area (Å²) in [5, 5.41) is 14.0. The molecule has 0 unspecified atom stereocenters. The van der Waals surface area contributed by atoms with Gasteiger partial charge in [-0.1, -0.05) is 54.5 Å². The molecule has 0 atom stereocenters. The second-order valence-corrected chi connectivity index (χ2v) is 8.62. The number of carbonyl (C=O) groups is 2. The standard InChI is InChI=1S/C18H21FN4O2S2/c19-13-8-6-12(7-9-13)10-15(24)21-17-22-23-18(27-17)26-11-16(25)20-14-4-2-1-3-5-14/h6-9,14H,1-5,10-11H2,(H,20,25)(H,21,22,24). The van der Waals surface area contributed by atoms with E-state index >= 15 is 0 Å². The normalized spacial score (nSPS) is 14.7. The molecule has 1 aliphatic carbocycles. The molecule has 2 aromatic rings. The van der Waals surface area contributed by atoms with Gasteiger partial charge in [-0.3, -0.25) is 9.59 Å². The highest BCUT2D eigenvalue weighted by atomic mass is 32.2. The maximum atomic E-state index is 12.9. The first kappa shape index (κ1) is 19.8. The van der Waals surface area contributed by atoms with Gasteiger partial charge in [-0.2, -0.15) is 0 Å². The molecule has 1 aromatic heterocycles. The van der Waals surface area contributed by atoms with Crippen molar-refractivity contribution in [1.29, 1.82) is 0 Å². The number of benzene rings is 1. The van der Waals surface area contributed by atoms with Crippen molar-refractivity contribution in [3.63, 3.8) is 0 Å². The quantitative estimate of drug-likeness (QED) is 0.542. The third kappa shape index (κ3) is 6.59.